The summed E-state index contributed by atoms with van der Waals surface area (Å²) in [7, 11) is -3.30. The number of benzene rings is 1. The fourth-order valence-corrected chi connectivity index (χ4v) is 4.72. The first kappa shape index (κ1) is 16.4. The highest BCUT2D eigenvalue weighted by Gasteiger charge is 2.31. The third-order valence-corrected chi connectivity index (χ3v) is 5.97. The smallest absolute Gasteiger partial charge is 0.218 e. The summed E-state index contributed by atoms with van der Waals surface area (Å²) >= 11 is 5.00. The second kappa shape index (κ2) is 6.85. The van der Waals surface area contributed by atoms with Crippen LogP contribution < -0.4 is 5.73 Å². The molecule has 21 heavy (non-hydrogen) atoms. The van der Waals surface area contributed by atoms with Gasteiger partial charge in [0, 0.05) is 18.7 Å². The van der Waals surface area contributed by atoms with Gasteiger partial charge in [-0.05, 0) is 24.3 Å². The minimum Gasteiger partial charge on any atom is -0.389 e. The Morgan fingerprint density at radius 1 is 1.43 bits per heavy atom. The fraction of sp³-hybridized carbons (Fsp3) is 0.533. The molecule has 0 spiro atoms. The van der Waals surface area contributed by atoms with Crippen molar-refractivity contribution in [1.29, 1.82) is 0 Å². The fourth-order valence-electron chi connectivity index (χ4n) is 2.87. The monoisotopic (exact) mass is 326 g/mol. The Morgan fingerprint density at radius 2 is 2.14 bits per heavy atom. The molecule has 2 rings (SSSR count). The van der Waals surface area contributed by atoms with E-state index < -0.39 is 10.0 Å². The van der Waals surface area contributed by atoms with Gasteiger partial charge in [-0.3, -0.25) is 0 Å². The van der Waals surface area contributed by atoms with Crippen molar-refractivity contribution in [1.82, 2.24) is 4.31 Å². The highest BCUT2D eigenvalue weighted by molar-refractivity contribution is 7.88. The lowest BCUT2D eigenvalue weighted by Gasteiger charge is -2.17. The molecule has 0 radical (unpaired) electrons. The number of hydrogen-bond donors (Lipinski definition) is 1. The Morgan fingerprint density at radius 3 is 2.81 bits per heavy atom. The van der Waals surface area contributed by atoms with Crippen LogP contribution in [0.3, 0.4) is 0 Å². The molecule has 1 aromatic carbocycles. The zero-order chi connectivity index (χ0) is 15.5. The van der Waals surface area contributed by atoms with E-state index in [1.54, 1.807) is 16.4 Å². The van der Waals surface area contributed by atoms with E-state index >= 15 is 0 Å². The number of hydrogen-bond acceptors (Lipinski definition) is 3. The number of thiocarbonyl (C=S) groups is 1. The van der Waals surface area contributed by atoms with E-state index in [-0.39, 0.29) is 10.7 Å². The summed E-state index contributed by atoms with van der Waals surface area (Å²) in [6.07, 6.45) is 3.16. The molecule has 1 aliphatic heterocycles. The van der Waals surface area contributed by atoms with Crippen molar-refractivity contribution in [3.63, 3.8) is 0 Å². The molecule has 1 fully saturated rings. The second-order valence-electron chi connectivity index (χ2n) is 5.58. The van der Waals surface area contributed by atoms with Gasteiger partial charge < -0.3 is 5.73 Å². The van der Waals surface area contributed by atoms with Crippen LogP contribution in [0.4, 0.5) is 0 Å². The van der Waals surface area contributed by atoms with Gasteiger partial charge >= 0.3 is 0 Å². The summed E-state index contributed by atoms with van der Waals surface area (Å²) in [5.74, 6) is 0.468. The van der Waals surface area contributed by atoms with Gasteiger partial charge in [-0.1, -0.05) is 49.8 Å². The van der Waals surface area contributed by atoms with Gasteiger partial charge in [0.05, 0.1) is 5.75 Å². The molecular formula is C15H22N2O2S2. The van der Waals surface area contributed by atoms with Crippen molar-refractivity contribution >= 4 is 27.2 Å². The Kier molecular flexibility index (Phi) is 5.35. The van der Waals surface area contributed by atoms with Crippen molar-refractivity contribution in [3.8, 4) is 0 Å². The summed E-state index contributed by atoms with van der Waals surface area (Å²) in [5, 5.41) is 0. The van der Waals surface area contributed by atoms with Crippen molar-refractivity contribution in [3.05, 3.63) is 35.4 Å². The van der Waals surface area contributed by atoms with E-state index in [1.807, 2.05) is 12.1 Å². The van der Waals surface area contributed by atoms with Crippen LogP contribution in [0, 0.1) is 5.92 Å². The number of sulfonamides is 1. The molecule has 0 saturated carbocycles. The van der Waals surface area contributed by atoms with E-state index in [1.165, 1.54) is 0 Å². The summed E-state index contributed by atoms with van der Waals surface area (Å²) in [6, 6.07) is 7.19. The van der Waals surface area contributed by atoms with Gasteiger partial charge in [0.25, 0.3) is 0 Å². The van der Waals surface area contributed by atoms with Gasteiger partial charge in [0.15, 0.2) is 0 Å². The maximum absolute atomic E-state index is 12.6. The summed E-state index contributed by atoms with van der Waals surface area (Å²) in [5.41, 5.74) is 7.01. The lowest BCUT2D eigenvalue weighted by molar-refractivity contribution is 0.444. The van der Waals surface area contributed by atoms with Crippen molar-refractivity contribution in [2.75, 3.05) is 13.1 Å². The van der Waals surface area contributed by atoms with E-state index in [4.69, 9.17) is 18.0 Å². The summed E-state index contributed by atoms with van der Waals surface area (Å²) in [6.45, 7) is 3.41. The van der Waals surface area contributed by atoms with Crippen LogP contribution in [0.1, 0.15) is 37.3 Å². The van der Waals surface area contributed by atoms with Gasteiger partial charge in [0.1, 0.15) is 4.99 Å². The average Bonchev–Trinajstić information content (AvgIpc) is 2.88. The van der Waals surface area contributed by atoms with Gasteiger partial charge in [-0.15, -0.1) is 0 Å². The van der Waals surface area contributed by atoms with Crippen LogP contribution in [-0.2, 0) is 15.8 Å². The maximum Gasteiger partial charge on any atom is 0.218 e. The summed E-state index contributed by atoms with van der Waals surface area (Å²) in [4.78, 5) is 0.242. The molecule has 2 N–H and O–H groups in total. The maximum atomic E-state index is 12.6. The molecule has 4 nitrogen and oxygen atoms in total. The van der Waals surface area contributed by atoms with Gasteiger partial charge in [-0.25, -0.2) is 12.7 Å². The van der Waals surface area contributed by atoms with Crippen LogP contribution in [0.2, 0.25) is 0 Å². The van der Waals surface area contributed by atoms with Crippen LogP contribution in [-0.4, -0.2) is 30.8 Å². The van der Waals surface area contributed by atoms with Crippen LogP contribution in [0.15, 0.2) is 24.3 Å². The molecule has 1 aromatic rings. The molecule has 0 bridgehead atoms. The molecule has 0 aliphatic carbocycles. The van der Waals surface area contributed by atoms with E-state index in [2.05, 4.69) is 6.92 Å². The predicted octanol–water partition coefficient (Wildman–Crippen LogP) is 2.27. The van der Waals surface area contributed by atoms with Crippen LogP contribution in [0.25, 0.3) is 0 Å². The average molecular weight is 326 g/mol. The molecule has 116 valence electrons. The SMILES string of the molecule is CCCC1CCN(S(=O)(=O)Cc2ccccc2C(N)=S)C1. The molecule has 1 heterocycles. The quantitative estimate of drug-likeness (QED) is 0.815. The zero-order valence-corrected chi connectivity index (χ0v) is 13.9. The molecular weight excluding hydrogens is 304 g/mol. The number of nitrogens with zero attached hydrogens (tertiary/aromatic N) is 1. The first-order valence-corrected chi connectivity index (χ1v) is 9.31. The first-order chi connectivity index (χ1) is 9.94. The lowest BCUT2D eigenvalue weighted by atomic mass is 10.0. The highest BCUT2D eigenvalue weighted by atomic mass is 32.2. The zero-order valence-electron chi connectivity index (χ0n) is 12.3. The number of nitrogens with two attached hydrogens (primary N) is 1. The Labute approximate surface area is 132 Å². The minimum atomic E-state index is -3.30. The van der Waals surface area contributed by atoms with Gasteiger partial charge in [0.2, 0.25) is 10.0 Å². The molecule has 1 aliphatic rings. The molecule has 1 saturated heterocycles. The number of rotatable bonds is 6. The van der Waals surface area contributed by atoms with E-state index in [0.717, 1.165) is 19.3 Å². The Bertz CT molecular complexity index is 614. The van der Waals surface area contributed by atoms with Gasteiger partial charge in [-0.2, -0.15) is 0 Å². The molecule has 6 heteroatoms. The largest absolute Gasteiger partial charge is 0.389 e. The minimum absolute atomic E-state index is 0.0284. The van der Waals surface area contributed by atoms with E-state index in [9.17, 15) is 8.42 Å². The molecule has 1 unspecified atom stereocenters. The molecule has 1 atom stereocenters. The Hall–Kier alpha value is -0.980. The first-order valence-electron chi connectivity index (χ1n) is 7.29. The third kappa shape index (κ3) is 4.02. The van der Waals surface area contributed by atoms with Crippen molar-refractivity contribution in [2.24, 2.45) is 11.7 Å². The van der Waals surface area contributed by atoms with Crippen molar-refractivity contribution in [2.45, 2.75) is 31.9 Å². The topological polar surface area (TPSA) is 63.4 Å². The van der Waals surface area contributed by atoms with Crippen molar-refractivity contribution < 1.29 is 8.42 Å². The standard InChI is InChI=1S/C15H22N2O2S2/c1-2-5-12-8-9-17(10-12)21(18,19)11-13-6-3-4-7-14(13)15(16)20/h3-4,6-7,12H,2,5,8-11H2,1H3,(H2,16,20). The second-order valence-corrected chi connectivity index (χ2v) is 7.99. The lowest BCUT2D eigenvalue weighted by Crippen LogP contribution is -2.30. The Balaban J connectivity index is 2.14. The predicted molar refractivity (Wildman–Crippen MR) is 89.5 cm³/mol. The highest BCUT2D eigenvalue weighted by Crippen LogP contribution is 2.25. The van der Waals surface area contributed by atoms with Crippen LogP contribution in [0.5, 0.6) is 0 Å². The molecule has 0 amide bonds. The summed E-state index contributed by atoms with van der Waals surface area (Å²) < 4.78 is 26.8. The molecule has 0 aromatic heterocycles. The van der Waals surface area contributed by atoms with E-state index in [0.29, 0.717) is 30.1 Å². The third-order valence-electron chi connectivity index (χ3n) is 3.96. The van der Waals surface area contributed by atoms with Crippen LogP contribution >= 0.6 is 12.2 Å². The normalized spacial score (nSPS) is 19.8.